The van der Waals surface area contributed by atoms with E-state index in [2.05, 4.69) is 53.6 Å². The summed E-state index contributed by atoms with van der Waals surface area (Å²) in [6.07, 6.45) is -6.21. The van der Waals surface area contributed by atoms with E-state index in [9.17, 15) is 21.2 Å². The maximum Gasteiger partial charge on any atom is 0.292 e. The van der Waals surface area contributed by atoms with E-state index in [0.717, 1.165) is 13.3 Å². The van der Waals surface area contributed by atoms with Crippen molar-refractivity contribution in [3.63, 3.8) is 0 Å². The Morgan fingerprint density at radius 1 is 0.889 bits per heavy atom. The average molecular weight is 1010 g/mol. The van der Waals surface area contributed by atoms with Gasteiger partial charge in [-0.15, -0.1) is 0 Å². The van der Waals surface area contributed by atoms with Crippen molar-refractivity contribution in [2.75, 3.05) is 7.05 Å². The number of amides is 5. The van der Waals surface area contributed by atoms with Crippen molar-refractivity contribution in [3.8, 4) is 0 Å². The van der Waals surface area contributed by atoms with Gasteiger partial charge in [-0.3, -0.25) is 33.8 Å². The SMILES string of the molecule is [2H]C1([2H])C([2H])([2H])C([2H])(C)C(C)([C@](C)(NC(=O)c2cnc(C)c(C)n2)C(=O)N[C@](C)(C(=O)N2C(C)[C@@]3(C)[C@H](CC(C)C3(C)C)[C@H]2C(=O)N[C@](C)(C(=O)C(=O)N(C)C2CC2C)C(C)CCC)C(C)(C(C)C)C(C)(C)C)C(C)(C)C1([2H])[2H]. The number of fused-ring (bicyclic) bond motifs is 1. The van der Waals surface area contributed by atoms with E-state index in [4.69, 9.17) is 2.74 Å². The maximum absolute atomic E-state index is 17.2. The molecule has 13 nitrogen and oxygen atoms in total. The molecule has 1 saturated heterocycles. The maximum atomic E-state index is 17.2. The van der Waals surface area contributed by atoms with E-state index in [0.29, 0.717) is 30.7 Å². The zero-order valence-corrected chi connectivity index (χ0v) is 48.8. The van der Waals surface area contributed by atoms with Crippen molar-refractivity contribution < 1.29 is 38.4 Å². The highest BCUT2D eigenvalue weighted by Gasteiger charge is 2.72. The Morgan fingerprint density at radius 2 is 1.46 bits per heavy atom. The first-order chi connectivity index (χ1) is 35.3. The average Bonchev–Trinajstić information content (AvgIpc) is 3.98. The molecule has 3 saturated carbocycles. The van der Waals surface area contributed by atoms with E-state index in [-0.39, 0.29) is 23.6 Å². The largest absolute Gasteiger partial charge is 0.341 e. The Balaban J connectivity index is 1.86. The fourth-order valence-electron chi connectivity index (χ4n) is 14.0. The van der Waals surface area contributed by atoms with Crippen molar-refractivity contribution in [3.05, 3.63) is 23.3 Å². The van der Waals surface area contributed by atoms with Gasteiger partial charge < -0.3 is 25.8 Å². The van der Waals surface area contributed by atoms with Crippen molar-refractivity contribution in [1.29, 1.82) is 0 Å². The van der Waals surface area contributed by atoms with Crippen LogP contribution < -0.4 is 16.0 Å². The molecule has 1 aromatic rings. The summed E-state index contributed by atoms with van der Waals surface area (Å²) in [5.74, 6) is -8.82. The lowest BCUT2D eigenvalue weighted by atomic mass is 9.46. The van der Waals surface area contributed by atoms with Crippen LogP contribution >= 0.6 is 0 Å². The summed E-state index contributed by atoms with van der Waals surface area (Å²) >= 11 is 0. The molecule has 5 rings (SSSR count). The predicted molar refractivity (Wildman–Crippen MR) is 286 cm³/mol. The summed E-state index contributed by atoms with van der Waals surface area (Å²) in [4.78, 5) is 106. The molecule has 13 heteroatoms. The third-order valence-electron chi connectivity index (χ3n) is 21.5. The van der Waals surface area contributed by atoms with Crippen molar-refractivity contribution in [2.45, 2.75) is 239 Å². The van der Waals surface area contributed by atoms with Crippen LogP contribution in [0.4, 0.5) is 0 Å². The molecule has 4 aliphatic rings. The number of likely N-dealkylation sites (tertiary alicyclic amines) is 1. The van der Waals surface area contributed by atoms with Crippen molar-refractivity contribution in [2.24, 2.45) is 68.0 Å². The number of Topliss-reactive ketones (excluding diaryl/α,β-unsaturated/α-hetero) is 1. The highest BCUT2D eigenvalue weighted by molar-refractivity contribution is 6.40. The molecule has 2 heterocycles. The number of nitrogens with zero attached hydrogens (tertiary/aromatic N) is 4. The number of likely N-dealkylation sites (N-methyl/N-ethyl adjacent to an activating group) is 1. The van der Waals surface area contributed by atoms with Crippen LogP contribution in [0, 0.1) is 81.8 Å². The lowest BCUT2D eigenvalue weighted by Gasteiger charge is -2.62. The summed E-state index contributed by atoms with van der Waals surface area (Å²) in [7, 11) is 1.61. The van der Waals surface area contributed by atoms with Gasteiger partial charge in [0.1, 0.15) is 28.4 Å². The number of hydrogen-bond acceptors (Lipinski definition) is 8. The van der Waals surface area contributed by atoms with Crippen LogP contribution in [0.15, 0.2) is 6.20 Å². The lowest BCUT2D eigenvalue weighted by molar-refractivity contribution is -0.168. The molecule has 0 bridgehead atoms. The minimum absolute atomic E-state index is 0.0561. The second kappa shape index (κ2) is 19.3. The summed E-state index contributed by atoms with van der Waals surface area (Å²) in [5.41, 5.74) is -13.8. The molecule has 0 aromatic carbocycles. The highest BCUT2D eigenvalue weighted by Crippen LogP contribution is 2.67. The van der Waals surface area contributed by atoms with Crippen LogP contribution in [0.2, 0.25) is 0 Å². The fourth-order valence-corrected chi connectivity index (χ4v) is 14.0. The van der Waals surface area contributed by atoms with Crippen molar-refractivity contribution in [1.82, 2.24) is 35.7 Å². The lowest BCUT2D eigenvalue weighted by Crippen LogP contribution is -2.78. The van der Waals surface area contributed by atoms with Gasteiger partial charge in [0.2, 0.25) is 23.5 Å². The number of rotatable bonds is 16. The zero-order valence-electron chi connectivity index (χ0n) is 55.8. The number of ketones is 1. The summed E-state index contributed by atoms with van der Waals surface area (Å²) < 4.78 is 66.2. The molecule has 5 amide bonds. The normalized spacial score (nSPS) is 37.0. The highest BCUT2D eigenvalue weighted by atomic mass is 16.2. The van der Waals surface area contributed by atoms with Crippen LogP contribution in [0.5, 0.6) is 0 Å². The van der Waals surface area contributed by atoms with Gasteiger partial charge in [0.25, 0.3) is 11.8 Å². The van der Waals surface area contributed by atoms with Crippen molar-refractivity contribution >= 4 is 35.3 Å². The number of nitrogens with one attached hydrogen (secondary N) is 3. The van der Waals surface area contributed by atoms with Gasteiger partial charge in [-0.05, 0) is 124 Å². The summed E-state index contributed by atoms with van der Waals surface area (Å²) in [6, 6.07) is -2.08. The second-order valence-electron chi connectivity index (χ2n) is 26.4. The van der Waals surface area contributed by atoms with E-state index >= 15 is 14.4 Å². The molecule has 0 radical (unpaired) electrons. The number of aryl methyl sites for hydroxylation is 2. The molecular weight excluding hydrogens is 903 g/mol. The molecule has 3 aliphatic carbocycles. The molecule has 14 atom stereocenters. The Morgan fingerprint density at radius 3 is 1.96 bits per heavy atom. The van der Waals surface area contributed by atoms with E-state index in [1.165, 1.54) is 38.8 Å². The minimum Gasteiger partial charge on any atom is -0.341 e. The quantitative estimate of drug-likeness (QED) is 0.137. The summed E-state index contributed by atoms with van der Waals surface area (Å²) in [6.45, 7) is 40.6. The molecule has 72 heavy (non-hydrogen) atoms. The molecule has 1 aliphatic heterocycles. The fraction of sp³-hybridized carbons (Fsp3) is 0.831. The Kier molecular flexibility index (Phi) is 13.2. The molecule has 406 valence electrons. The molecule has 8 unspecified atom stereocenters. The minimum atomic E-state index is -3.35. The van der Waals surface area contributed by atoms with Crippen LogP contribution in [0.1, 0.15) is 222 Å². The smallest absolute Gasteiger partial charge is 0.292 e. The Hall–Kier alpha value is -3.90. The predicted octanol–water partition coefficient (Wildman–Crippen LogP) is 10.1. The van der Waals surface area contributed by atoms with Gasteiger partial charge in [-0.25, -0.2) is 4.98 Å². The van der Waals surface area contributed by atoms with E-state index < -0.39 is 139 Å². The monoisotopic (exact) mass is 1010 g/mol. The Labute approximate surface area is 445 Å². The molecule has 3 N–H and O–H groups in total. The van der Waals surface area contributed by atoms with Gasteiger partial charge in [0.05, 0.1) is 17.6 Å². The first-order valence-electron chi connectivity index (χ1n) is 30.2. The van der Waals surface area contributed by atoms with Gasteiger partial charge in [-0.1, -0.05) is 137 Å². The first-order valence-corrected chi connectivity index (χ1v) is 26.7. The number of carbonyl (C=O) groups is 6. The number of aromatic nitrogens is 2. The first kappa shape index (κ1) is 49.0. The summed E-state index contributed by atoms with van der Waals surface area (Å²) in [5, 5.41) is 9.16. The van der Waals surface area contributed by atoms with Gasteiger partial charge in [-0.2, -0.15) is 0 Å². The molecule has 1 aromatic heterocycles. The Bertz CT molecular complexity index is 2610. The van der Waals surface area contributed by atoms with Gasteiger partial charge >= 0.3 is 0 Å². The van der Waals surface area contributed by atoms with Crippen LogP contribution in [-0.2, 0) is 24.0 Å². The number of hydrogen-bond donors (Lipinski definition) is 3. The van der Waals surface area contributed by atoms with Crippen LogP contribution in [0.25, 0.3) is 0 Å². The van der Waals surface area contributed by atoms with Crippen LogP contribution in [-0.4, -0.2) is 96.9 Å². The van der Waals surface area contributed by atoms with E-state index in [1.807, 2.05) is 69.2 Å². The second-order valence-corrected chi connectivity index (χ2v) is 26.4. The standard InChI is InChI=1S/C59H99N7O6/c1-25-27-35(5)55(19,45(67)48(70)65(24)43-30-34(43)4)62-47(69)44-41-31-37(7)53(16,17)54(41,18)40(10)66(44)50(72)59(23,56(20,33(2)3)51(11,12)13)64-49(71)58(22,57(21)36(6)28-26-29-52(57,14)15)63-46(68)42-32-60-38(8)39(9)61-42/h32-37,40-41,43-44H,25-31H2,1-24H3,(H,62,69)(H,63,68)(H,64,71)/t34?,35?,36?,37?,40?,41-,43?,44+,54+,55+,56?,57?,58-,59-/m1/s1/i26D2,28D2,29D2,36D. The number of carbonyl (C=O) groups excluding carboxylic acids is 6. The van der Waals surface area contributed by atoms with Crippen LogP contribution in [0.3, 0.4) is 0 Å². The third-order valence-corrected chi connectivity index (χ3v) is 21.5. The topological polar surface area (TPSA) is 171 Å². The molecular formula is C59H99N7O6. The van der Waals surface area contributed by atoms with Gasteiger partial charge in [0.15, 0.2) is 0 Å². The zero-order chi connectivity index (χ0) is 61.5. The molecule has 0 spiro atoms. The van der Waals surface area contributed by atoms with E-state index in [1.54, 1.807) is 39.6 Å². The third kappa shape index (κ3) is 8.73. The molecule has 4 fully saturated rings. The van der Waals surface area contributed by atoms with Gasteiger partial charge in [0, 0.05) is 39.6 Å².